The Morgan fingerprint density at radius 2 is 1.37 bits per heavy atom. The zero-order valence-corrected chi connectivity index (χ0v) is 34.8. The molecular weight excluding hydrogens is 756 g/mol. The van der Waals surface area contributed by atoms with Crippen molar-refractivity contribution in [3.63, 3.8) is 0 Å². The Labute approximate surface area is 330 Å². The number of rotatable bonds is 8. The maximum atomic E-state index is 12.1. The van der Waals surface area contributed by atoms with E-state index >= 15 is 0 Å². The van der Waals surface area contributed by atoms with Gasteiger partial charge in [-0.2, -0.15) is 0 Å². The van der Waals surface area contributed by atoms with Gasteiger partial charge in [0, 0.05) is 64.5 Å². The van der Waals surface area contributed by atoms with Gasteiger partial charge >= 0.3 is 29.6 Å². The maximum Gasteiger partial charge on any atom is 1.00 e. The first-order chi connectivity index (χ1) is 24.1. The maximum absolute atomic E-state index is 12.1. The number of benzene rings is 1. The van der Waals surface area contributed by atoms with Crippen LogP contribution in [-0.4, -0.2) is 94.2 Å². The minimum absolute atomic E-state index is 0. The molecule has 6 amide bonds. The number of amidine groups is 1. The summed E-state index contributed by atoms with van der Waals surface area (Å²) in [6.07, 6.45) is 11.1. The van der Waals surface area contributed by atoms with Crippen molar-refractivity contribution in [1.82, 2.24) is 20.4 Å². The van der Waals surface area contributed by atoms with Crippen molar-refractivity contribution in [1.29, 1.82) is 0 Å². The van der Waals surface area contributed by atoms with Crippen LogP contribution < -0.4 is 45.1 Å². The third kappa shape index (κ3) is 13.5. The number of nitrogens with one attached hydrogen (secondary N) is 2. The second kappa shape index (κ2) is 21.4. The molecule has 0 aliphatic carbocycles. The van der Waals surface area contributed by atoms with Gasteiger partial charge in [-0.1, -0.05) is 22.1 Å². The Balaban J connectivity index is 0.000000261. The molecule has 0 radical (unpaired) electrons. The molecule has 0 bridgehead atoms. The molecule has 0 aromatic heterocycles. The molecule has 1 aromatic rings. The fourth-order valence-electron chi connectivity index (χ4n) is 4.45. The third-order valence-electron chi connectivity index (χ3n) is 6.99. The molecule has 3 atom stereocenters. The number of amides is 6. The standard InChI is InChI=1S/C12H12N2O5.C11H11NO2P3S.C5H10N2.C5H5NO.Na/c15-9-1-2-10(16)13(9)5-7-19-8-6-14-11(17)3-4-12(14)18;1-8-2-7-11(13)12(8)9-3-5-10(6-4-9)18(14,16)17-15;1-4-3-6-5(2)7-4;1-4-2-3-5(7)6-4;/h1-4H,5-8H2;2-7,16H,1,15H2;4H,3H2,1-2H3,(H,6,7);2-3H,1H2,(H,6,7);/q;-1;;;+1. The molecule has 6 rings (SSSR count). The number of nitrogens with zero attached hydrogens (tertiary/aromatic N) is 4. The van der Waals surface area contributed by atoms with Gasteiger partial charge in [0.1, 0.15) is 0 Å². The SMILES string of the molecule is C=C1C=CC(=O)N1.C=C1C=CC(=O)N1c1ccc(S(=O)([PH-])=PP)cc1.CC1=NCC(C)N1.O=C1C=CC(=O)N1CCOCCN1C(=O)C=CC1=O.[Na+]. The van der Waals surface area contributed by atoms with Crippen LogP contribution in [0.4, 0.5) is 5.69 Å². The normalized spacial score (nSPS) is 19.4. The molecule has 52 heavy (non-hydrogen) atoms. The molecule has 2 N–H and O–H groups in total. The predicted molar refractivity (Wildman–Crippen MR) is 203 cm³/mol. The fraction of sp³-hybridized carbons (Fsp3) is 0.242. The minimum atomic E-state index is -2.22. The van der Waals surface area contributed by atoms with Gasteiger partial charge in [0.25, 0.3) is 29.5 Å². The van der Waals surface area contributed by atoms with E-state index in [2.05, 4.69) is 53.1 Å². The van der Waals surface area contributed by atoms with Gasteiger partial charge in [-0.3, -0.25) is 52.7 Å². The van der Waals surface area contributed by atoms with Gasteiger partial charge in [0.2, 0.25) is 5.91 Å². The number of ether oxygens (including phenoxy) is 1. The summed E-state index contributed by atoms with van der Waals surface area (Å²) in [5, 5.41) is 5.64. The topological polar surface area (TPSA) is 175 Å². The van der Waals surface area contributed by atoms with Gasteiger partial charge in [0.15, 0.2) is 0 Å². The van der Waals surface area contributed by atoms with E-state index in [1.807, 2.05) is 6.92 Å². The first-order valence-electron chi connectivity index (χ1n) is 15.3. The molecule has 3 unspecified atom stereocenters. The van der Waals surface area contributed by atoms with Crippen LogP contribution in [0.25, 0.3) is 0 Å². The fourth-order valence-corrected chi connectivity index (χ4v) is 7.31. The average molecular weight is 795 g/mol. The summed E-state index contributed by atoms with van der Waals surface area (Å²) in [7, 11) is 4.16. The van der Waals surface area contributed by atoms with Crippen LogP contribution in [0.15, 0.2) is 107 Å². The third-order valence-corrected chi connectivity index (χ3v) is 15.9. The van der Waals surface area contributed by atoms with E-state index in [0.29, 0.717) is 29.4 Å². The predicted octanol–water partition coefficient (Wildman–Crippen LogP) is -0.105. The number of carbonyl (C=O) groups excluding carboxylic acids is 6. The molecule has 0 saturated heterocycles. The molecule has 5 heterocycles. The van der Waals surface area contributed by atoms with Crippen molar-refractivity contribution in [3.8, 4) is 0 Å². The second-order valence-electron chi connectivity index (χ2n) is 10.9. The Hall–Kier alpha value is -3.38. The van der Waals surface area contributed by atoms with E-state index in [-0.39, 0.29) is 91.3 Å². The summed E-state index contributed by atoms with van der Waals surface area (Å²) in [6.45, 7) is 13.0. The molecule has 0 spiro atoms. The largest absolute Gasteiger partial charge is 1.00 e. The summed E-state index contributed by atoms with van der Waals surface area (Å²) in [6, 6.07) is 7.60. The summed E-state index contributed by atoms with van der Waals surface area (Å²) in [4.78, 5) is 75.1. The molecule has 1 aromatic carbocycles. The number of hydrogen-bond acceptors (Lipinski definition) is 10. The van der Waals surface area contributed by atoms with Crippen LogP contribution >= 0.6 is 24.4 Å². The van der Waals surface area contributed by atoms with Crippen molar-refractivity contribution < 1.29 is 67.3 Å². The molecule has 19 heteroatoms. The Bertz CT molecular complexity index is 1770. The van der Waals surface area contributed by atoms with E-state index in [0.717, 1.165) is 27.9 Å². The minimum Gasteiger partial charge on any atom is -0.447 e. The number of allylic oxidation sites excluding steroid dienone is 2. The van der Waals surface area contributed by atoms with Crippen molar-refractivity contribution in [2.24, 2.45) is 4.99 Å². The van der Waals surface area contributed by atoms with E-state index in [4.69, 9.17) is 4.74 Å². The molecule has 0 saturated carbocycles. The summed E-state index contributed by atoms with van der Waals surface area (Å²) >= 11 is 0. The van der Waals surface area contributed by atoms with Gasteiger partial charge in [0.05, 0.1) is 38.7 Å². The monoisotopic (exact) mass is 794 g/mol. The number of hydrogen-bond donors (Lipinski definition) is 2. The summed E-state index contributed by atoms with van der Waals surface area (Å²) in [5.74, 6) is -0.552. The number of aliphatic imine (C=N–C) groups is 1. The van der Waals surface area contributed by atoms with Gasteiger partial charge in [-0.15, -0.1) is 8.73 Å². The second-order valence-corrected chi connectivity index (χ2v) is 19.4. The van der Waals surface area contributed by atoms with Crippen molar-refractivity contribution in [2.45, 2.75) is 24.8 Å². The molecule has 0 fully saturated rings. The van der Waals surface area contributed by atoms with Crippen molar-refractivity contribution >= 4 is 80.1 Å². The first-order valence-corrected chi connectivity index (χ1v) is 21.2. The van der Waals surface area contributed by atoms with Crippen LogP contribution in [0.5, 0.6) is 0 Å². The van der Waals surface area contributed by atoms with Crippen LogP contribution in [0.1, 0.15) is 13.8 Å². The quantitative estimate of drug-likeness (QED) is 0.158. The smallest absolute Gasteiger partial charge is 0.447 e. The molecule has 5 aliphatic heterocycles. The van der Waals surface area contributed by atoms with E-state index < -0.39 is 8.73 Å². The summed E-state index contributed by atoms with van der Waals surface area (Å²) in [5.41, 5.74) is 2.03. The average Bonchev–Trinajstić information content (AvgIpc) is 3.91. The molecule has 5 aliphatic rings. The molecular formula is C33H38N6NaO8P3S. The number of imide groups is 2. The molecule has 270 valence electrons. The van der Waals surface area contributed by atoms with E-state index in [9.17, 15) is 33.0 Å². The Morgan fingerprint density at radius 1 is 0.865 bits per heavy atom. The first kappa shape index (κ1) is 44.8. The zero-order chi connectivity index (χ0) is 37.7. The Kier molecular flexibility index (Phi) is 18.4. The number of carbonyl (C=O) groups is 6. The van der Waals surface area contributed by atoms with Gasteiger partial charge < -0.3 is 23.8 Å². The van der Waals surface area contributed by atoms with Crippen LogP contribution in [0.3, 0.4) is 0 Å². The van der Waals surface area contributed by atoms with Crippen LogP contribution in [-0.2, 0) is 42.2 Å². The summed E-state index contributed by atoms with van der Waals surface area (Å²) < 4.78 is 17.3. The Morgan fingerprint density at radius 3 is 1.67 bits per heavy atom. The number of anilines is 1. The molecule has 14 nitrogen and oxygen atoms in total. The van der Waals surface area contributed by atoms with Crippen molar-refractivity contribution in [2.75, 3.05) is 37.7 Å². The van der Waals surface area contributed by atoms with Gasteiger partial charge in [-0.05, 0) is 57.3 Å². The zero-order valence-electron chi connectivity index (χ0n) is 28.9. The van der Waals surface area contributed by atoms with E-state index in [1.54, 1.807) is 36.4 Å². The van der Waals surface area contributed by atoms with Crippen LogP contribution in [0, 0.1) is 0 Å². The van der Waals surface area contributed by atoms with Crippen molar-refractivity contribution in [3.05, 3.63) is 97.4 Å². The van der Waals surface area contributed by atoms with Gasteiger partial charge in [-0.25, -0.2) is 0 Å². The van der Waals surface area contributed by atoms with E-state index in [1.165, 1.54) is 41.4 Å². The van der Waals surface area contributed by atoms with Crippen LogP contribution in [0.2, 0.25) is 0 Å².